The summed E-state index contributed by atoms with van der Waals surface area (Å²) >= 11 is 0. The highest BCUT2D eigenvalue weighted by Crippen LogP contribution is 2.38. The molecule has 0 saturated heterocycles. The van der Waals surface area contributed by atoms with E-state index in [4.69, 9.17) is 18.9 Å². The SMILES string of the molecule is COCC(NCc1cc(OC)c(OC)c(OC)c1)C(C)C. The van der Waals surface area contributed by atoms with Crippen LogP contribution in [0.5, 0.6) is 17.2 Å². The summed E-state index contributed by atoms with van der Waals surface area (Å²) in [7, 11) is 6.56. The van der Waals surface area contributed by atoms with E-state index in [2.05, 4.69) is 19.2 Å². The van der Waals surface area contributed by atoms with Gasteiger partial charge in [-0.3, -0.25) is 0 Å². The molecule has 1 aromatic rings. The molecule has 0 aliphatic heterocycles. The molecular formula is C16H27NO4. The number of ether oxygens (including phenoxy) is 4. The van der Waals surface area contributed by atoms with Gasteiger partial charge in [0, 0.05) is 19.7 Å². The number of rotatable bonds is 9. The third-order valence-electron chi connectivity index (χ3n) is 3.44. The molecule has 0 aliphatic carbocycles. The summed E-state index contributed by atoms with van der Waals surface area (Å²) < 4.78 is 21.3. The molecule has 5 nitrogen and oxygen atoms in total. The van der Waals surface area contributed by atoms with Gasteiger partial charge in [0.15, 0.2) is 11.5 Å². The van der Waals surface area contributed by atoms with Crippen molar-refractivity contribution in [2.75, 3.05) is 35.0 Å². The second-order valence-electron chi connectivity index (χ2n) is 5.22. The monoisotopic (exact) mass is 297 g/mol. The zero-order valence-corrected chi connectivity index (χ0v) is 13.9. The Bertz CT molecular complexity index is 409. The lowest BCUT2D eigenvalue weighted by molar-refractivity contribution is 0.146. The largest absolute Gasteiger partial charge is 0.493 e. The molecule has 21 heavy (non-hydrogen) atoms. The smallest absolute Gasteiger partial charge is 0.203 e. The molecule has 120 valence electrons. The zero-order chi connectivity index (χ0) is 15.8. The minimum atomic E-state index is 0.300. The highest BCUT2D eigenvalue weighted by Gasteiger charge is 2.15. The minimum absolute atomic E-state index is 0.300. The van der Waals surface area contributed by atoms with E-state index < -0.39 is 0 Å². The van der Waals surface area contributed by atoms with Crippen LogP contribution in [0, 0.1) is 5.92 Å². The van der Waals surface area contributed by atoms with Crippen LogP contribution < -0.4 is 19.5 Å². The quantitative estimate of drug-likeness (QED) is 0.759. The van der Waals surface area contributed by atoms with E-state index in [0.717, 1.165) is 5.56 Å². The van der Waals surface area contributed by atoms with E-state index in [1.165, 1.54) is 0 Å². The number of nitrogens with one attached hydrogen (secondary N) is 1. The van der Waals surface area contributed by atoms with Crippen LogP contribution in [0.15, 0.2) is 12.1 Å². The Labute approximate surface area is 127 Å². The molecule has 1 N–H and O–H groups in total. The first-order valence-electron chi connectivity index (χ1n) is 7.08. The van der Waals surface area contributed by atoms with Crippen LogP contribution >= 0.6 is 0 Å². The molecular weight excluding hydrogens is 270 g/mol. The Morgan fingerprint density at radius 3 is 1.90 bits per heavy atom. The lowest BCUT2D eigenvalue weighted by Crippen LogP contribution is -2.37. The molecule has 0 bridgehead atoms. The van der Waals surface area contributed by atoms with Crippen molar-refractivity contribution in [3.8, 4) is 17.2 Å². The van der Waals surface area contributed by atoms with Crippen molar-refractivity contribution in [1.82, 2.24) is 5.32 Å². The maximum Gasteiger partial charge on any atom is 0.203 e. The van der Waals surface area contributed by atoms with E-state index in [1.807, 2.05) is 12.1 Å². The standard InChI is InChI=1S/C16H27NO4/c1-11(2)13(10-18-3)17-9-12-7-14(19-4)16(21-6)15(8-12)20-5/h7-8,11,13,17H,9-10H2,1-6H3. The molecule has 0 heterocycles. The van der Waals surface area contributed by atoms with Crippen molar-refractivity contribution in [3.63, 3.8) is 0 Å². The van der Waals surface area contributed by atoms with Crippen molar-refractivity contribution < 1.29 is 18.9 Å². The maximum absolute atomic E-state index is 5.36. The predicted octanol–water partition coefficient (Wildman–Crippen LogP) is 2.47. The van der Waals surface area contributed by atoms with Gasteiger partial charge < -0.3 is 24.3 Å². The van der Waals surface area contributed by atoms with Gasteiger partial charge in [-0.25, -0.2) is 0 Å². The highest BCUT2D eigenvalue weighted by atomic mass is 16.5. The summed E-state index contributed by atoms with van der Waals surface area (Å²) in [5.41, 5.74) is 1.08. The van der Waals surface area contributed by atoms with Crippen molar-refractivity contribution in [3.05, 3.63) is 17.7 Å². The van der Waals surface area contributed by atoms with Crippen molar-refractivity contribution in [2.24, 2.45) is 5.92 Å². The molecule has 0 fully saturated rings. The first-order valence-corrected chi connectivity index (χ1v) is 7.08. The van der Waals surface area contributed by atoms with Gasteiger partial charge in [-0.15, -0.1) is 0 Å². The number of methoxy groups -OCH3 is 4. The number of benzene rings is 1. The molecule has 0 amide bonds. The lowest BCUT2D eigenvalue weighted by atomic mass is 10.0. The third-order valence-corrected chi connectivity index (χ3v) is 3.44. The van der Waals surface area contributed by atoms with Gasteiger partial charge in [-0.1, -0.05) is 13.8 Å². The van der Waals surface area contributed by atoms with Crippen molar-refractivity contribution in [2.45, 2.75) is 26.4 Å². The highest BCUT2D eigenvalue weighted by molar-refractivity contribution is 5.53. The van der Waals surface area contributed by atoms with Crippen LogP contribution in [-0.4, -0.2) is 41.1 Å². The Balaban J connectivity index is 2.88. The van der Waals surface area contributed by atoms with Gasteiger partial charge in [0.1, 0.15) is 0 Å². The average Bonchev–Trinajstić information content (AvgIpc) is 2.49. The van der Waals surface area contributed by atoms with E-state index in [9.17, 15) is 0 Å². The fraction of sp³-hybridized carbons (Fsp3) is 0.625. The van der Waals surface area contributed by atoms with Crippen LogP contribution in [0.3, 0.4) is 0 Å². The lowest BCUT2D eigenvalue weighted by Gasteiger charge is -2.22. The van der Waals surface area contributed by atoms with Crippen LogP contribution in [0.25, 0.3) is 0 Å². The van der Waals surface area contributed by atoms with Gasteiger partial charge in [0.25, 0.3) is 0 Å². The Hall–Kier alpha value is -1.46. The van der Waals surface area contributed by atoms with E-state index >= 15 is 0 Å². The second-order valence-corrected chi connectivity index (χ2v) is 5.22. The van der Waals surface area contributed by atoms with Crippen molar-refractivity contribution >= 4 is 0 Å². The Morgan fingerprint density at radius 2 is 1.52 bits per heavy atom. The van der Waals surface area contributed by atoms with Crippen LogP contribution in [-0.2, 0) is 11.3 Å². The van der Waals surface area contributed by atoms with Gasteiger partial charge >= 0.3 is 0 Å². The molecule has 1 atom stereocenters. The van der Waals surface area contributed by atoms with E-state index in [0.29, 0.717) is 42.4 Å². The average molecular weight is 297 g/mol. The van der Waals surface area contributed by atoms with Gasteiger partial charge in [-0.2, -0.15) is 0 Å². The molecule has 1 aromatic carbocycles. The summed E-state index contributed by atoms with van der Waals surface area (Å²) in [4.78, 5) is 0. The van der Waals surface area contributed by atoms with Crippen molar-refractivity contribution in [1.29, 1.82) is 0 Å². The topological polar surface area (TPSA) is 49.0 Å². The predicted molar refractivity (Wildman–Crippen MR) is 83.4 cm³/mol. The summed E-state index contributed by atoms with van der Waals surface area (Å²) in [6.07, 6.45) is 0. The number of hydrogen-bond acceptors (Lipinski definition) is 5. The minimum Gasteiger partial charge on any atom is -0.493 e. The molecule has 0 saturated carbocycles. The van der Waals surface area contributed by atoms with Crippen LogP contribution in [0.4, 0.5) is 0 Å². The van der Waals surface area contributed by atoms with Gasteiger partial charge in [0.2, 0.25) is 5.75 Å². The Morgan fingerprint density at radius 1 is 0.952 bits per heavy atom. The first-order chi connectivity index (χ1) is 10.1. The van der Waals surface area contributed by atoms with E-state index in [1.54, 1.807) is 28.4 Å². The summed E-state index contributed by atoms with van der Waals surface area (Å²) in [6, 6.07) is 4.21. The molecule has 1 rings (SSSR count). The molecule has 0 aliphatic rings. The molecule has 1 unspecified atom stereocenters. The third kappa shape index (κ3) is 4.79. The fourth-order valence-corrected chi connectivity index (χ4v) is 2.15. The summed E-state index contributed by atoms with van der Waals surface area (Å²) in [6.45, 7) is 5.74. The van der Waals surface area contributed by atoms with Gasteiger partial charge in [0.05, 0.1) is 27.9 Å². The molecule has 0 radical (unpaired) electrons. The fourth-order valence-electron chi connectivity index (χ4n) is 2.15. The van der Waals surface area contributed by atoms with Gasteiger partial charge in [-0.05, 0) is 23.6 Å². The molecule has 5 heteroatoms. The maximum atomic E-state index is 5.36. The normalized spacial score (nSPS) is 12.3. The Kier molecular flexibility index (Phi) is 7.32. The van der Waals surface area contributed by atoms with Crippen LogP contribution in [0.2, 0.25) is 0 Å². The second kappa shape index (κ2) is 8.74. The van der Waals surface area contributed by atoms with E-state index in [-0.39, 0.29) is 0 Å². The first kappa shape index (κ1) is 17.6. The van der Waals surface area contributed by atoms with Crippen LogP contribution in [0.1, 0.15) is 19.4 Å². The summed E-state index contributed by atoms with van der Waals surface area (Å²) in [5.74, 6) is 2.44. The molecule has 0 aromatic heterocycles. The summed E-state index contributed by atoms with van der Waals surface area (Å²) in [5, 5.41) is 3.50. The molecule has 0 spiro atoms. The number of hydrogen-bond donors (Lipinski definition) is 1. The zero-order valence-electron chi connectivity index (χ0n) is 13.9.